The van der Waals surface area contributed by atoms with Crippen molar-refractivity contribution >= 4 is 17.5 Å². The fourth-order valence-electron chi connectivity index (χ4n) is 2.81. The molecule has 2 unspecified atom stereocenters. The average Bonchev–Trinajstić information content (AvgIpc) is 2.33. The van der Waals surface area contributed by atoms with Gasteiger partial charge in [0.15, 0.2) is 0 Å². The third kappa shape index (κ3) is 4.24. The molecule has 0 spiro atoms. The van der Waals surface area contributed by atoms with Crippen molar-refractivity contribution in [2.24, 2.45) is 5.92 Å². The summed E-state index contributed by atoms with van der Waals surface area (Å²) in [4.78, 5) is 12.1. The molecule has 1 amide bonds. The SMILES string of the molecule is Cc1ccc(CC(=O)NC2CCCC(C)C2)c(Cl)c1. The molecule has 2 nitrogen and oxygen atoms in total. The van der Waals surface area contributed by atoms with Crippen molar-refractivity contribution in [2.75, 3.05) is 0 Å². The number of carbonyl (C=O) groups is 1. The molecule has 1 saturated carbocycles. The monoisotopic (exact) mass is 279 g/mol. The van der Waals surface area contributed by atoms with Gasteiger partial charge in [-0.05, 0) is 42.9 Å². The maximum absolute atomic E-state index is 12.1. The second kappa shape index (κ2) is 6.42. The van der Waals surface area contributed by atoms with Crippen LogP contribution in [-0.2, 0) is 11.2 Å². The lowest BCUT2D eigenvalue weighted by Gasteiger charge is -2.27. The Morgan fingerprint density at radius 2 is 2.21 bits per heavy atom. The van der Waals surface area contributed by atoms with Crippen molar-refractivity contribution in [3.63, 3.8) is 0 Å². The number of hydrogen-bond donors (Lipinski definition) is 1. The number of hydrogen-bond acceptors (Lipinski definition) is 1. The van der Waals surface area contributed by atoms with E-state index in [1.165, 1.54) is 12.8 Å². The number of benzene rings is 1. The molecule has 0 saturated heterocycles. The predicted octanol–water partition coefficient (Wildman–Crippen LogP) is 3.89. The van der Waals surface area contributed by atoms with E-state index in [0.29, 0.717) is 17.5 Å². The summed E-state index contributed by atoms with van der Waals surface area (Å²) in [7, 11) is 0. The van der Waals surface area contributed by atoms with Crippen LogP contribution in [0.3, 0.4) is 0 Å². The second-order valence-corrected chi connectivity index (χ2v) is 6.22. The van der Waals surface area contributed by atoms with Crippen molar-refractivity contribution in [3.05, 3.63) is 34.3 Å². The molecule has 1 fully saturated rings. The van der Waals surface area contributed by atoms with E-state index in [9.17, 15) is 4.79 Å². The van der Waals surface area contributed by atoms with Gasteiger partial charge in [0.2, 0.25) is 5.91 Å². The van der Waals surface area contributed by atoms with Gasteiger partial charge in [0, 0.05) is 11.1 Å². The van der Waals surface area contributed by atoms with Crippen LogP contribution in [0.25, 0.3) is 0 Å². The normalized spacial score (nSPS) is 23.1. The summed E-state index contributed by atoms with van der Waals surface area (Å²) < 4.78 is 0. The average molecular weight is 280 g/mol. The molecule has 0 aliphatic heterocycles. The molecular formula is C16H22ClNO. The van der Waals surface area contributed by atoms with Gasteiger partial charge < -0.3 is 5.32 Å². The molecule has 0 aromatic heterocycles. The molecule has 1 aromatic rings. The number of halogens is 1. The Balaban J connectivity index is 1.90. The molecule has 1 N–H and O–H groups in total. The maximum atomic E-state index is 12.1. The molecule has 2 rings (SSSR count). The molecule has 0 heterocycles. The fraction of sp³-hybridized carbons (Fsp3) is 0.562. The van der Waals surface area contributed by atoms with E-state index in [1.54, 1.807) is 0 Å². The molecule has 2 atom stereocenters. The van der Waals surface area contributed by atoms with Crippen molar-refractivity contribution in [1.82, 2.24) is 5.32 Å². The largest absolute Gasteiger partial charge is 0.353 e. The summed E-state index contributed by atoms with van der Waals surface area (Å²) >= 11 is 6.16. The minimum atomic E-state index is 0.0878. The minimum absolute atomic E-state index is 0.0878. The Hall–Kier alpha value is -1.02. The van der Waals surface area contributed by atoms with E-state index in [4.69, 9.17) is 11.6 Å². The number of aryl methyl sites for hydroxylation is 1. The fourth-order valence-corrected chi connectivity index (χ4v) is 3.11. The first-order valence-corrected chi connectivity index (χ1v) is 7.47. The van der Waals surface area contributed by atoms with Crippen LogP contribution in [0.4, 0.5) is 0 Å². The highest BCUT2D eigenvalue weighted by atomic mass is 35.5. The van der Waals surface area contributed by atoms with Gasteiger partial charge in [0.05, 0.1) is 6.42 Å². The summed E-state index contributed by atoms with van der Waals surface area (Å²) in [5.41, 5.74) is 2.03. The highest BCUT2D eigenvalue weighted by molar-refractivity contribution is 6.31. The molecule has 1 aromatic carbocycles. The Morgan fingerprint density at radius 1 is 1.42 bits per heavy atom. The molecule has 104 valence electrons. The number of rotatable bonds is 3. The first kappa shape index (κ1) is 14.4. The van der Waals surface area contributed by atoms with E-state index >= 15 is 0 Å². The molecule has 0 radical (unpaired) electrons. The smallest absolute Gasteiger partial charge is 0.224 e. The van der Waals surface area contributed by atoms with E-state index < -0.39 is 0 Å². The zero-order chi connectivity index (χ0) is 13.8. The van der Waals surface area contributed by atoms with E-state index in [0.717, 1.165) is 29.9 Å². The number of nitrogens with one attached hydrogen (secondary N) is 1. The van der Waals surface area contributed by atoms with Crippen molar-refractivity contribution in [2.45, 2.75) is 52.0 Å². The summed E-state index contributed by atoms with van der Waals surface area (Å²) in [6, 6.07) is 6.20. The third-order valence-electron chi connectivity index (χ3n) is 3.86. The summed E-state index contributed by atoms with van der Waals surface area (Å²) in [6.45, 7) is 4.26. The quantitative estimate of drug-likeness (QED) is 0.894. The highest BCUT2D eigenvalue weighted by Crippen LogP contribution is 2.24. The topological polar surface area (TPSA) is 29.1 Å². The summed E-state index contributed by atoms with van der Waals surface area (Å²) in [5.74, 6) is 0.812. The van der Waals surface area contributed by atoms with Crippen LogP contribution >= 0.6 is 11.6 Å². The van der Waals surface area contributed by atoms with Gasteiger partial charge in [0.25, 0.3) is 0 Å². The predicted molar refractivity (Wildman–Crippen MR) is 79.5 cm³/mol. The first-order chi connectivity index (χ1) is 9.04. The molecule has 19 heavy (non-hydrogen) atoms. The van der Waals surface area contributed by atoms with Crippen molar-refractivity contribution < 1.29 is 4.79 Å². The van der Waals surface area contributed by atoms with Crippen LogP contribution in [0.2, 0.25) is 5.02 Å². The molecular weight excluding hydrogens is 258 g/mol. The van der Waals surface area contributed by atoms with E-state index in [2.05, 4.69) is 12.2 Å². The van der Waals surface area contributed by atoms with Gasteiger partial charge in [0.1, 0.15) is 0 Å². The second-order valence-electron chi connectivity index (χ2n) is 5.81. The Kier molecular flexibility index (Phi) is 4.87. The lowest BCUT2D eigenvalue weighted by molar-refractivity contribution is -0.121. The van der Waals surface area contributed by atoms with Crippen LogP contribution in [0, 0.1) is 12.8 Å². The van der Waals surface area contributed by atoms with Crippen molar-refractivity contribution in [1.29, 1.82) is 0 Å². The zero-order valence-electron chi connectivity index (χ0n) is 11.7. The lowest BCUT2D eigenvalue weighted by Crippen LogP contribution is -2.38. The van der Waals surface area contributed by atoms with Gasteiger partial charge in [-0.3, -0.25) is 4.79 Å². The third-order valence-corrected chi connectivity index (χ3v) is 4.21. The lowest BCUT2D eigenvalue weighted by atomic mass is 9.87. The standard InChI is InChI=1S/C16H22ClNO/c1-11-4-3-5-14(8-11)18-16(19)10-13-7-6-12(2)9-15(13)17/h6-7,9,11,14H,3-5,8,10H2,1-2H3,(H,18,19). The van der Waals surface area contributed by atoms with Gasteiger partial charge in [-0.2, -0.15) is 0 Å². The van der Waals surface area contributed by atoms with E-state index in [1.807, 2.05) is 25.1 Å². The van der Waals surface area contributed by atoms with Gasteiger partial charge in [-0.25, -0.2) is 0 Å². The van der Waals surface area contributed by atoms with Crippen LogP contribution in [0.1, 0.15) is 43.7 Å². The summed E-state index contributed by atoms with van der Waals surface area (Å²) in [6.07, 6.45) is 5.10. The Bertz CT molecular complexity index is 458. The number of carbonyl (C=O) groups excluding carboxylic acids is 1. The van der Waals surface area contributed by atoms with Gasteiger partial charge >= 0.3 is 0 Å². The molecule has 1 aliphatic carbocycles. The first-order valence-electron chi connectivity index (χ1n) is 7.09. The van der Waals surface area contributed by atoms with Crippen molar-refractivity contribution in [3.8, 4) is 0 Å². The van der Waals surface area contributed by atoms with Crippen LogP contribution < -0.4 is 5.32 Å². The van der Waals surface area contributed by atoms with Crippen LogP contribution in [0.15, 0.2) is 18.2 Å². The molecule has 0 bridgehead atoms. The summed E-state index contributed by atoms with van der Waals surface area (Å²) in [5, 5.41) is 3.83. The number of amides is 1. The molecule has 1 aliphatic rings. The van der Waals surface area contributed by atoms with Gasteiger partial charge in [-0.1, -0.05) is 43.5 Å². The van der Waals surface area contributed by atoms with E-state index in [-0.39, 0.29) is 5.91 Å². The van der Waals surface area contributed by atoms with Crippen LogP contribution in [-0.4, -0.2) is 11.9 Å². The Morgan fingerprint density at radius 3 is 2.89 bits per heavy atom. The minimum Gasteiger partial charge on any atom is -0.353 e. The maximum Gasteiger partial charge on any atom is 0.224 e. The van der Waals surface area contributed by atoms with Gasteiger partial charge in [-0.15, -0.1) is 0 Å². The highest BCUT2D eigenvalue weighted by Gasteiger charge is 2.20. The van der Waals surface area contributed by atoms with Crippen LogP contribution in [0.5, 0.6) is 0 Å². The zero-order valence-corrected chi connectivity index (χ0v) is 12.5. The molecule has 3 heteroatoms. The Labute approximate surface area is 120 Å².